The van der Waals surface area contributed by atoms with E-state index < -0.39 is 24.4 Å². The van der Waals surface area contributed by atoms with Crippen molar-refractivity contribution in [1.29, 1.82) is 0 Å². The van der Waals surface area contributed by atoms with Crippen LogP contribution < -0.4 is 4.74 Å². The highest BCUT2D eigenvalue weighted by atomic mass is 32.2. The molecule has 0 atom stereocenters. The Bertz CT molecular complexity index is 1870. The Morgan fingerprint density at radius 2 is 1.74 bits per heavy atom. The lowest BCUT2D eigenvalue weighted by molar-refractivity contribution is -0.153. The van der Waals surface area contributed by atoms with Crippen molar-refractivity contribution < 1.29 is 36.6 Å². The fraction of sp³-hybridized carbons (Fsp3) is 0.250. The summed E-state index contributed by atoms with van der Waals surface area (Å²) in [5.41, 5.74) is 4.17. The number of methoxy groups -OCH3 is 1. The second kappa shape index (κ2) is 14.1. The number of Topliss-reactive ketones (excluding diaryl/α,β-unsaturated/α-hetero) is 1. The van der Waals surface area contributed by atoms with Gasteiger partial charge in [0, 0.05) is 29.1 Å². The SMILES string of the molecule is COc1cc(CN(Cc2ccc(C(F)(F)F)o2)Cc2c(C)ccc3ccccc23)ccc1-c1cc(F)c(CO)c(SCC(C)=O)c1. The molecule has 0 radical (unpaired) electrons. The summed E-state index contributed by atoms with van der Waals surface area (Å²) in [4.78, 5) is 14.1. The van der Waals surface area contributed by atoms with Crippen LogP contribution in [0.1, 0.15) is 40.7 Å². The zero-order chi connectivity index (χ0) is 33.0. The van der Waals surface area contributed by atoms with Gasteiger partial charge in [0.05, 0.1) is 26.0 Å². The molecule has 0 saturated heterocycles. The first kappa shape index (κ1) is 33.2. The highest BCUT2D eigenvalue weighted by molar-refractivity contribution is 8.00. The maximum atomic E-state index is 15.1. The number of carbonyl (C=O) groups excluding carboxylic acids is 1. The average Bonchev–Trinajstić information content (AvgIpc) is 3.50. The number of rotatable bonds is 12. The molecule has 1 aromatic heterocycles. The maximum Gasteiger partial charge on any atom is 0.449 e. The number of fused-ring (bicyclic) bond motifs is 1. The highest BCUT2D eigenvalue weighted by Crippen LogP contribution is 2.37. The third kappa shape index (κ3) is 7.63. The standard InChI is InChI=1S/C36H33F4NO4S/c1-22-8-10-25-6-4-5-7-28(25)30(22)19-41(18-27-11-13-35(45-27)36(38,39)40)17-24-9-12-29(33(14-24)44-3)26-15-32(37)31(20-42)34(16-26)46-21-23(2)43/h4-16,42H,17-21H2,1-3H3. The van der Waals surface area contributed by atoms with Gasteiger partial charge in [-0.05, 0) is 77.2 Å². The summed E-state index contributed by atoms with van der Waals surface area (Å²) in [6, 6.07) is 22.9. The average molecular weight is 652 g/mol. The van der Waals surface area contributed by atoms with E-state index >= 15 is 4.39 Å². The molecule has 0 spiro atoms. The Hall–Kier alpha value is -4.12. The van der Waals surface area contributed by atoms with E-state index in [0.717, 1.165) is 45.3 Å². The van der Waals surface area contributed by atoms with Crippen LogP contribution in [0.3, 0.4) is 0 Å². The molecule has 4 aromatic carbocycles. The number of furan rings is 1. The zero-order valence-electron chi connectivity index (χ0n) is 25.6. The van der Waals surface area contributed by atoms with Crippen LogP contribution in [0.15, 0.2) is 88.2 Å². The van der Waals surface area contributed by atoms with Gasteiger partial charge in [-0.2, -0.15) is 13.2 Å². The molecule has 1 heterocycles. The largest absolute Gasteiger partial charge is 0.496 e. The van der Waals surface area contributed by atoms with Gasteiger partial charge in [0.15, 0.2) is 0 Å². The van der Waals surface area contributed by atoms with Crippen molar-refractivity contribution in [3.05, 3.63) is 118 Å². The molecule has 1 N–H and O–H groups in total. The van der Waals surface area contributed by atoms with Gasteiger partial charge in [0.25, 0.3) is 0 Å². The second-order valence-electron chi connectivity index (χ2n) is 11.1. The lowest BCUT2D eigenvalue weighted by Crippen LogP contribution is -2.23. The number of halogens is 4. The van der Waals surface area contributed by atoms with Crippen LogP contribution >= 0.6 is 11.8 Å². The maximum absolute atomic E-state index is 15.1. The van der Waals surface area contributed by atoms with Crippen LogP contribution in [-0.4, -0.2) is 28.7 Å². The number of hydrogen-bond acceptors (Lipinski definition) is 6. The van der Waals surface area contributed by atoms with E-state index in [-0.39, 0.29) is 29.4 Å². The van der Waals surface area contributed by atoms with Crippen molar-refractivity contribution in [3.63, 3.8) is 0 Å². The predicted octanol–water partition coefficient (Wildman–Crippen LogP) is 8.95. The molecule has 5 nitrogen and oxygen atoms in total. The number of nitrogens with zero attached hydrogens (tertiary/aromatic N) is 1. The van der Waals surface area contributed by atoms with Gasteiger partial charge in [0.1, 0.15) is 23.1 Å². The van der Waals surface area contributed by atoms with Gasteiger partial charge >= 0.3 is 6.18 Å². The van der Waals surface area contributed by atoms with Crippen LogP contribution in [-0.2, 0) is 37.2 Å². The summed E-state index contributed by atoms with van der Waals surface area (Å²) < 4.78 is 65.9. The molecule has 10 heteroatoms. The zero-order valence-corrected chi connectivity index (χ0v) is 26.4. The number of ether oxygens (including phenoxy) is 1. The molecule has 240 valence electrons. The van der Waals surface area contributed by atoms with E-state index in [4.69, 9.17) is 9.15 Å². The van der Waals surface area contributed by atoms with E-state index in [1.54, 1.807) is 12.1 Å². The van der Waals surface area contributed by atoms with Crippen LogP contribution in [0.2, 0.25) is 0 Å². The Balaban J connectivity index is 1.50. The highest BCUT2D eigenvalue weighted by Gasteiger charge is 2.35. The molecule has 5 rings (SSSR count). The van der Waals surface area contributed by atoms with E-state index in [9.17, 15) is 23.1 Å². The number of aliphatic hydroxyl groups is 1. The minimum Gasteiger partial charge on any atom is -0.496 e. The molecule has 0 aliphatic heterocycles. The lowest BCUT2D eigenvalue weighted by atomic mass is 9.98. The Morgan fingerprint density at radius 3 is 2.43 bits per heavy atom. The summed E-state index contributed by atoms with van der Waals surface area (Å²) in [6.45, 7) is 3.85. The fourth-order valence-electron chi connectivity index (χ4n) is 5.44. The van der Waals surface area contributed by atoms with Crippen molar-refractivity contribution in [2.75, 3.05) is 12.9 Å². The van der Waals surface area contributed by atoms with Crippen LogP contribution in [0.5, 0.6) is 5.75 Å². The molecule has 0 saturated carbocycles. The number of ketones is 1. The minimum atomic E-state index is -4.59. The molecule has 0 aliphatic carbocycles. The Morgan fingerprint density at radius 1 is 0.957 bits per heavy atom. The van der Waals surface area contributed by atoms with Crippen molar-refractivity contribution in [2.45, 2.75) is 51.2 Å². The molecule has 0 bridgehead atoms. The van der Waals surface area contributed by atoms with Gasteiger partial charge in [-0.15, -0.1) is 11.8 Å². The molecule has 0 unspecified atom stereocenters. The number of benzene rings is 4. The van der Waals surface area contributed by atoms with Gasteiger partial charge in [0.2, 0.25) is 5.76 Å². The quantitative estimate of drug-likeness (QED) is 0.107. The number of aryl methyl sites for hydroxylation is 1. The normalized spacial score (nSPS) is 11.8. The summed E-state index contributed by atoms with van der Waals surface area (Å²) in [6.07, 6.45) is -4.59. The Labute approximate surface area is 268 Å². The third-order valence-electron chi connectivity index (χ3n) is 7.70. The number of hydrogen-bond donors (Lipinski definition) is 1. The van der Waals surface area contributed by atoms with Crippen molar-refractivity contribution >= 4 is 28.3 Å². The molecule has 5 aromatic rings. The summed E-state index contributed by atoms with van der Waals surface area (Å²) >= 11 is 1.16. The second-order valence-corrected chi connectivity index (χ2v) is 12.1. The Kier molecular flexibility index (Phi) is 10.2. The van der Waals surface area contributed by atoms with Gasteiger partial charge < -0.3 is 14.3 Å². The molecular weight excluding hydrogens is 618 g/mol. The lowest BCUT2D eigenvalue weighted by Gasteiger charge is -2.24. The van der Waals surface area contributed by atoms with E-state index in [1.165, 1.54) is 26.2 Å². The topological polar surface area (TPSA) is 62.9 Å². The third-order valence-corrected chi connectivity index (χ3v) is 8.93. The molecular formula is C36H33F4NO4S. The van der Waals surface area contributed by atoms with E-state index in [1.807, 2.05) is 60.4 Å². The number of alkyl halides is 3. The van der Waals surface area contributed by atoms with E-state index in [0.29, 0.717) is 34.9 Å². The number of carbonyl (C=O) groups is 1. The van der Waals surface area contributed by atoms with Gasteiger partial charge in [-0.1, -0.05) is 48.5 Å². The number of thioether (sulfide) groups is 1. The monoisotopic (exact) mass is 651 g/mol. The fourth-order valence-corrected chi connectivity index (χ4v) is 6.35. The van der Waals surface area contributed by atoms with Gasteiger partial charge in [-0.3, -0.25) is 9.69 Å². The predicted molar refractivity (Wildman–Crippen MR) is 171 cm³/mol. The van der Waals surface area contributed by atoms with Crippen LogP contribution in [0, 0.1) is 12.7 Å². The number of aliphatic hydroxyl groups excluding tert-OH is 1. The first-order valence-electron chi connectivity index (χ1n) is 14.5. The minimum absolute atomic E-state index is 0.0749. The molecule has 0 aliphatic rings. The smallest absolute Gasteiger partial charge is 0.449 e. The molecule has 0 amide bonds. The first-order chi connectivity index (χ1) is 22.0. The van der Waals surface area contributed by atoms with Crippen LogP contribution in [0.25, 0.3) is 21.9 Å². The first-order valence-corrected chi connectivity index (χ1v) is 15.5. The molecule has 0 fully saturated rings. The van der Waals surface area contributed by atoms with Crippen molar-refractivity contribution in [2.24, 2.45) is 0 Å². The summed E-state index contributed by atoms with van der Waals surface area (Å²) in [5.74, 6) is -0.925. The van der Waals surface area contributed by atoms with E-state index in [2.05, 4.69) is 0 Å². The van der Waals surface area contributed by atoms with Crippen molar-refractivity contribution in [3.8, 4) is 16.9 Å². The van der Waals surface area contributed by atoms with Crippen molar-refractivity contribution in [1.82, 2.24) is 4.90 Å². The summed E-state index contributed by atoms with van der Waals surface area (Å²) in [7, 11) is 1.51. The van der Waals surface area contributed by atoms with Crippen LogP contribution in [0.4, 0.5) is 17.6 Å². The molecule has 46 heavy (non-hydrogen) atoms. The van der Waals surface area contributed by atoms with Gasteiger partial charge in [-0.25, -0.2) is 4.39 Å². The summed E-state index contributed by atoms with van der Waals surface area (Å²) in [5, 5.41) is 11.9.